The van der Waals surface area contributed by atoms with Crippen LogP contribution in [0.25, 0.3) is 28.0 Å². The third kappa shape index (κ3) is 2.14. The van der Waals surface area contributed by atoms with Gasteiger partial charge in [-0.1, -0.05) is 0 Å². The van der Waals surface area contributed by atoms with Crippen LogP contribution in [0.4, 0.5) is 0 Å². The molecule has 128 valence electrons. The molecule has 1 aliphatic heterocycles. The molecule has 0 atom stereocenters. The molecule has 25 heavy (non-hydrogen) atoms. The first-order valence-corrected chi connectivity index (χ1v) is 7.73. The van der Waals surface area contributed by atoms with E-state index in [-0.39, 0.29) is 33.1 Å². The average molecular weight is 340 g/mol. The first-order valence-electron chi connectivity index (χ1n) is 7.73. The van der Waals surface area contributed by atoms with Crippen LogP contribution in [0.5, 0.6) is 23.0 Å². The van der Waals surface area contributed by atoms with Crippen LogP contribution in [0.15, 0.2) is 33.5 Å². The summed E-state index contributed by atoms with van der Waals surface area (Å²) in [5.74, 6) is 0.0241. The fourth-order valence-corrected chi connectivity index (χ4v) is 3.07. The molecule has 0 radical (unpaired) electrons. The van der Waals surface area contributed by atoms with Crippen LogP contribution in [-0.2, 0) is 0 Å². The van der Waals surface area contributed by atoms with Crippen LogP contribution in [0, 0.1) is 0 Å². The number of fused-ring (bicyclic) bond motifs is 3. The first-order chi connectivity index (χ1) is 11.8. The van der Waals surface area contributed by atoms with Crippen molar-refractivity contribution in [2.75, 3.05) is 7.11 Å². The van der Waals surface area contributed by atoms with Gasteiger partial charge in [0, 0.05) is 6.07 Å². The molecule has 1 aliphatic rings. The molecule has 0 amide bonds. The number of benzene rings is 2. The minimum atomic E-state index is -0.511. The number of phenolic OH excluding ortho intramolecular Hbond substituents is 2. The second-order valence-corrected chi connectivity index (χ2v) is 6.47. The van der Waals surface area contributed by atoms with E-state index in [1.807, 2.05) is 26.0 Å². The fraction of sp³-hybridized carbons (Fsp3) is 0.211. The van der Waals surface area contributed by atoms with Gasteiger partial charge in [0.05, 0.1) is 18.1 Å². The molecule has 2 aromatic carbocycles. The Balaban J connectivity index is 2.19. The summed E-state index contributed by atoms with van der Waals surface area (Å²) >= 11 is 0. The van der Waals surface area contributed by atoms with Gasteiger partial charge in [0.25, 0.3) is 0 Å². The second-order valence-electron chi connectivity index (χ2n) is 6.47. The monoisotopic (exact) mass is 340 g/mol. The molecule has 4 rings (SSSR count). The van der Waals surface area contributed by atoms with Crippen molar-refractivity contribution in [1.29, 1.82) is 0 Å². The lowest BCUT2D eigenvalue weighted by Crippen LogP contribution is -2.27. The van der Waals surface area contributed by atoms with Crippen molar-refractivity contribution in [1.82, 2.24) is 0 Å². The molecule has 0 saturated carbocycles. The standard InChI is InChI=1S/C19H16O6/c1-19(2)7-6-9-12(25-19)8-13-14(17(9)23-3)15(21)10-4-5-11(20)16(22)18(10)24-13/h4-8,20,22H,1-3H3. The summed E-state index contributed by atoms with van der Waals surface area (Å²) in [6.45, 7) is 3.81. The van der Waals surface area contributed by atoms with E-state index in [0.717, 1.165) is 0 Å². The number of phenols is 2. The van der Waals surface area contributed by atoms with E-state index in [2.05, 4.69) is 0 Å². The predicted molar refractivity (Wildman–Crippen MR) is 93.6 cm³/mol. The number of methoxy groups -OCH3 is 1. The zero-order valence-corrected chi connectivity index (χ0v) is 13.9. The number of hydrogen-bond acceptors (Lipinski definition) is 6. The number of hydrogen-bond donors (Lipinski definition) is 2. The highest BCUT2D eigenvalue weighted by atomic mass is 16.5. The SMILES string of the molecule is COc1c2c(cc3oc4c(O)c(O)ccc4c(=O)c13)OC(C)(C)C=C2. The molecule has 6 heteroatoms. The maximum Gasteiger partial charge on any atom is 0.204 e. The zero-order chi connectivity index (χ0) is 17.9. The van der Waals surface area contributed by atoms with Crippen molar-refractivity contribution >= 4 is 28.0 Å². The lowest BCUT2D eigenvalue weighted by Gasteiger charge is -2.28. The van der Waals surface area contributed by atoms with Crippen molar-refractivity contribution in [3.8, 4) is 23.0 Å². The molecule has 2 heterocycles. The lowest BCUT2D eigenvalue weighted by atomic mass is 9.99. The van der Waals surface area contributed by atoms with Crippen LogP contribution in [0.2, 0.25) is 0 Å². The molecule has 1 aromatic heterocycles. The number of rotatable bonds is 1. The molecule has 0 unspecified atom stereocenters. The summed E-state index contributed by atoms with van der Waals surface area (Å²) in [6.07, 6.45) is 3.74. The van der Waals surface area contributed by atoms with Crippen molar-refractivity contribution in [3.63, 3.8) is 0 Å². The van der Waals surface area contributed by atoms with Gasteiger partial charge >= 0.3 is 0 Å². The van der Waals surface area contributed by atoms with Gasteiger partial charge in [-0.25, -0.2) is 0 Å². The van der Waals surface area contributed by atoms with Gasteiger partial charge in [-0.2, -0.15) is 0 Å². The Labute approximate surface area is 142 Å². The van der Waals surface area contributed by atoms with Crippen LogP contribution < -0.4 is 14.9 Å². The van der Waals surface area contributed by atoms with E-state index in [1.165, 1.54) is 19.2 Å². The Bertz CT molecular complexity index is 1120. The zero-order valence-electron chi connectivity index (χ0n) is 13.9. The van der Waals surface area contributed by atoms with Crippen molar-refractivity contribution in [2.24, 2.45) is 0 Å². The van der Waals surface area contributed by atoms with Crippen molar-refractivity contribution in [2.45, 2.75) is 19.4 Å². The summed E-state index contributed by atoms with van der Waals surface area (Å²) in [5.41, 5.74) is -0.0814. The fourth-order valence-electron chi connectivity index (χ4n) is 3.07. The van der Waals surface area contributed by atoms with Gasteiger partial charge in [-0.15, -0.1) is 0 Å². The Kier molecular flexibility index (Phi) is 3.03. The maximum absolute atomic E-state index is 12.9. The van der Waals surface area contributed by atoms with Gasteiger partial charge in [0.2, 0.25) is 11.2 Å². The topological polar surface area (TPSA) is 89.1 Å². The van der Waals surface area contributed by atoms with E-state index >= 15 is 0 Å². The summed E-state index contributed by atoms with van der Waals surface area (Å²) in [5, 5.41) is 20.1. The largest absolute Gasteiger partial charge is 0.504 e. The molecule has 0 fully saturated rings. The first kappa shape index (κ1) is 15.4. The minimum absolute atomic E-state index is 0.0786. The Morgan fingerprint density at radius 3 is 2.68 bits per heavy atom. The van der Waals surface area contributed by atoms with Gasteiger partial charge < -0.3 is 24.1 Å². The summed E-state index contributed by atoms with van der Waals surface area (Å²) in [6, 6.07) is 4.25. The van der Waals surface area contributed by atoms with E-state index in [0.29, 0.717) is 17.1 Å². The minimum Gasteiger partial charge on any atom is -0.504 e. The summed E-state index contributed by atoms with van der Waals surface area (Å²) in [4.78, 5) is 12.9. The van der Waals surface area contributed by atoms with E-state index in [4.69, 9.17) is 13.9 Å². The Morgan fingerprint density at radius 2 is 1.96 bits per heavy atom. The maximum atomic E-state index is 12.9. The lowest BCUT2D eigenvalue weighted by molar-refractivity contribution is 0.158. The van der Waals surface area contributed by atoms with Crippen LogP contribution in [0.3, 0.4) is 0 Å². The smallest absolute Gasteiger partial charge is 0.204 e. The van der Waals surface area contributed by atoms with Crippen molar-refractivity contribution < 1.29 is 24.1 Å². The third-order valence-electron chi connectivity index (χ3n) is 4.27. The Morgan fingerprint density at radius 1 is 1.20 bits per heavy atom. The van der Waals surface area contributed by atoms with Gasteiger partial charge in [-0.3, -0.25) is 4.79 Å². The van der Waals surface area contributed by atoms with Gasteiger partial charge in [-0.05, 0) is 38.1 Å². The molecule has 0 aliphatic carbocycles. The third-order valence-corrected chi connectivity index (χ3v) is 4.27. The molecular formula is C19H16O6. The highest BCUT2D eigenvalue weighted by Crippen LogP contribution is 2.43. The van der Waals surface area contributed by atoms with Crippen LogP contribution in [0.1, 0.15) is 19.4 Å². The molecule has 0 spiro atoms. The number of aromatic hydroxyl groups is 2. The number of ether oxygens (including phenoxy) is 2. The van der Waals surface area contributed by atoms with Crippen LogP contribution in [-0.4, -0.2) is 22.9 Å². The average Bonchev–Trinajstić information content (AvgIpc) is 2.56. The molecule has 2 N–H and O–H groups in total. The highest BCUT2D eigenvalue weighted by Gasteiger charge is 2.27. The Hall–Kier alpha value is -3.15. The predicted octanol–water partition coefficient (Wildman–Crippen LogP) is 3.55. The van der Waals surface area contributed by atoms with Gasteiger partial charge in [0.15, 0.2) is 11.3 Å². The van der Waals surface area contributed by atoms with E-state index < -0.39 is 11.4 Å². The van der Waals surface area contributed by atoms with E-state index in [9.17, 15) is 15.0 Å². The molecular weight excluding hydrogens is 324 g/mol. The quantitative estimate of drug-likeness (QED) is 0.520. The van der Waals surface area contributed by atoms with E-state index in [1.54, 1.807) is 6.07 Å². The molecule has 3 aromatic rings. The van der Waals surface area contributed by atoms with Crippen LogP contribution >= 0.6 is 0 Å². The molecule has 0 saturated heterocycles. The summed E-state index contributed by atoms with van der Waals surface area (Å²) in [7, 11) is 1.47. The second kappa shape index (κ2) is 4.92. The van der Waals surface area contributed by atoms with Gasteiger partial charge in [0.1, 0.15) is 28.1 Å². The highest BCUT2D eigenvalue weighted by molar-refractivity contribution is 5.99. The van der Waals surface area contributed by atoms with Crippen molar-refractivity contribution in [3.05, 3.63) is 40.1 Å². The molecule has 6 nitrogen and oxygen atoms in total. The normalized spacial score (nSPS) is 15.2. The molecule has 0 bridgehead atoms. The summed E-state index contributed by atoms with van der Waals surface area (Å²) < 4.78 is 17.1.